The minimum absolute atomic E-state index is 0.219. The fourth-order valence-corrected chi connectivity index (χ4v) is 7.31. The van der Waals surface area contributed by atoms with Crippen LogP contribution in [0, 0.1) is 0 Å². The number of ether oxygens (including phenoxy) is 2. The number of methoxy groups -OCH3 is 2. The number of amides is 4. The van der Waals surface area contributed by atoms with Gasteiger partial charge in [0.15, 0.2) is 0 Å². The van der Waals surface area contributed by atoms with Gasteiger partial charge in [0, 0.05) is 13.6 Å². The van der Waals surface area contributed by atoms with Gasteiger partial charge in [0.2, 0.25) is 5.91 Å². The van der Waals surface area contributed by atoms with Gasteiger partial charge in [-0.25, -0.2) is 19.6 Å². The zero-order valence-electron chi connectivity index (χ0n) is 33.2. The van der Waals surface area contributed by atoms with Crippen molar-refractivity contribution in [2.24, 2.45) is 0 Å². The number of likely N-dealkylation sites (N-methyl/N-ethyl adjacent to an activating group) is 1. The van der Waals surface area contributed by atoms with E-state index in [0.29, 0.717) is 29.3 Å². The Balaban J connectivity index is 1.00. The van der Waals surface area contributed by atoms with Crippen LogP contribution < -0.4 is 10.6 Å². The van der Waals surface area contributed by atoms with Gasteiger partial charge in [-0.1, -0.05) is 109 Å². The lowest BCUT2D eigenvalue weighted by Gasteiger charge is -2.28. The average molecular weight is 795 g/mol. The number of carbonyl (C=O) groups excluding carboxylic acids is 4. The molecule has 4 amide bonds. The number of rotatable bonds is 12. The van der Waals surface area contributed by atoms with Gasteiger partial charge in [0.05, 0.1) is 50.1 Å². The highest BCUT2D eigenvalue weighted by molar-refractivity contribution is 5.88. The fraction of sp³-hybridized carbons (Fsp3) is 0.244. The van der Waals surface area contributed by atoms with E-state index in [9.17, 15) is 19.2 Å². The molecule has 2 aromatic heterocycles. The SMILES string of the molecule is COC(=O)N[C@@H](C(=O)N(C)[C@@H](C)c1ncc(-c2ccc(-c3ccc(-c4cnc([C@@H]5CCCN5C(=O)[C@H](NC(=O)OC)c5ccccc5)[nH]4)cc3)cc2)[nH]1)c1ccccc1. The summed E-state index contributed by atoms with van der Waals surface area (Å²) >= 11 is 0. The molecule has 0 bridgehead atoms. The number of alkyl carbamates (subject to hydrolysis) is 2. The molecule has 0 unspecified atom stereocenters. The lowest BCUT2D eigenvalue weighted by molar-refractivity contribution is -0.135. The molecule has 59 heavy (non-hydrogen) atoms. The van der Waals surface area contributed by atoms with E-state index in [1.54, 1.807) is 41.4 Å². The number of aromatic nitrogens is 4. The Kier molecular flexibility index (Phi) is 12.2. The van der Waals surface area contributed by atoms with Crippen molar-refractivity contribution < 1.29 is 28.7 Å². The molecule has 0 radical (unpaired) electrons. The highest BCUT2D eigenvalue weighted by atomic mass is 16.5. The molecule has 7 rings (SSSR count). The third kappa shape index (κ3) is 8.86. The number of nitrogens with one attached hydrogen (secondary N) is 4. The van der Waals surface area contributed by atoms with Gasteiger partial charge >= 0.3 is 12.2 Å². The second-order valence-corrected chi connectivity index (χ2v) is 14.3. The number of benzene rings is 4. The number of hydrogen-bond donors (Lipinski definition) is 4. The van der Waals surface area contributed by atoms with Gasteiger partial charge in [-0.2, -0.15) is 0 Å². The molecule has 4 atom stereocenters. The lowest BCUT2D eigenvalue weighted by atomic mass is 10.0. The van der Waals surface area contributed by atoms with Crippen LogP contribution >= 0.6 is 0 Å². The third-order valence-corrected chi connectivity index (χ3v) is 10.7. The molecule has 0 saturated carbocycles. The molecule has 4 aromatic carbocycles. The first-order valence-electron chi connectivity index (χ1n) is 19.3. The molecule has 1 saturated heterocycles. The number of carbonyl (C=O) groups is 4. The van der Waals surface area contributed by atoms with Crippen LogP contribution in [0.25, 0.3) is 33.6 Å². The Hall–Kier alpha value is -7.22. The summed E-state index contributed by atoms with van der Waals surface area (Å²) in [6, 6.07) is 32.0. The number of likely N-dealkylation sites (tertiary alicyclic amines) is 1. The minimum Gasteiger partial charge on any atom is -0.453 e. The number of hydrogen-bond acceptors (Lipinski definition) is 8. The van der Waals surface area contributed by atoms with Crippen LogP contribution in [0.3, 0.4) is 0 Å². The van der Waals surface area contributed by atoms with Crippen molar-refractivity contribution in [2.75, 3.05) is 27.8 Å². The lowest BCUT2D eigenvalue weighted by Crippen LogP contribution is -2.42. The van der Waals surface area contributed by atoms with Crippen LogP contribution in [0.4, 0.5) is 9.59 Å². The van der Waals surface area contributed by atoms with E-state index in [4.69, 9.17) is 14.5 Å². The van der Waals surface area contributed by atoms with E-state index in [2.05, 4.69) is 37.7 Å². The molecule has 0 aliphatic carbocycles. The first-order chi connectivity index (χ1) is 28.6. The highest BCUT2D eigenvalue weighted by Crippen LogP contribution is 2.35. The molecular formula is C45H46N8O6. The van der Waals surface area contributed by atoms with Gasteiger partial charge in [-0.05, 0) is 53.1 Å². The van der Waals surface area contributed by atoms with Crippen LogP contribution in [-0.2, 0) is 19.1 Å². The standard InChI is InChI=1S/C45H46N8O6/c1-28(52(2)42(54)38(50-44(56)58-3)33-12-7-5-8-13-33)40-46-26-35(48-40)31-21-17-29(18-22-31)30-19-23-32(24-20-30)36-27-47-41(49-36)37-16-11-25-53(37)43(55)39(51-45(57)59-4)34-14-9-6-10-15-34/h5-10,12-15,17-24,26-28,37-39H,11,16,25H2,1-4H3,(H,46,48)(H,47,49)(H,50,56)(H,51,57)/t28-,37-,38+,39+/m0/s1. The van der Waals surface area contributed by atoms with E-state index in [1.165, 1.54) is 14.2 Å². The zero-order valence-corrected chi connectivity index (χ0v) is 33.2. The van der Waals surface area contributed by atoms with Crippen LogP contribution in [0.15, 0.2) is 122 Å². The van der Waals surface area contributed by atoms with Gasteiger partial charge in [-0.15, -0.1) is 0 Å². The van der Waals surface area contributed by atoms with Crippen molar-refractivity contribution in [3.63, 3.8) is 0 Å². The monoisotopic (exact) mass is 794 g/mol. The second kappa shape index (κ2) is 17.9. The molecule has 0 spiro atoms. The molecule has 4 N–H and O–H groups in total. The Labute approximate surface area is 342 Å². The Bertz CT molecular complexity index is 2380. The largest absolute Gasteiger partial charge is 0.453 e. The van der Waals surface area contributed by atoms with Crippen LogP contribution in [-0.4, -0.2) is 81.5 Å². The Morgan fingerprint density at radius 1 is 0.695 bits per heavy atom. The summed E-state index contributed by atoms with van der Waals surface area (Å²) in [5, 5.41) is 5.35. The van der Waals surface area contributed by atoms with E-state index < -0.39 is 30.3 Å². The molecule has 302 valence electrons. The molecule has 3 heterocycles. The van der Waals surface area contributed by atoms with Crippen molar-refractivity contribution >= 4 is 24.0 Å². The summed E-state index contributed by atoms with van der Waals surface area (Å²) in [5.74, 6) is 0.757. The quantitative estimate of drug-likeness (QED) is 0.0985. The molecule has 1 fully saturated rings. The van der Waals surface area contributed by atoms with Crippen molar-refractivity contribution in [1.29, 1.82) is 0 Å². The zero-order chi connectivity index (χ0) is 41.5. The third-order valence-electron chi connectivity index (χ3n) is 10.7. The van der Waals surface area contributed by atoms with Crippen molar-refractivity contribution in [3.05, 3.63) is 144 Å². The first kappa shape index (κ1) is 40.0. The van der Waals surface area contributed by atoms with E-state index in [0.717, 1.165) is 46.5 Å². The first-order valence-corrected chi connectivity index (χ1v) is 19.3. The summed E-state index contributed by atoms with van der Waals surface area (Å²) in [7, 11) is 4.21. The normalized spacial score (nSPS) is 15.1. The van der Waals surface area contributed by atoms with E-state index in [1.807, 2.05) is 91.9 Å². The summed E-state index contributed by atoms with van der Waals surface area (Å²) in [4.78, 5) is 71.2. The number of nitrogens with zero attached hydrogens (tertiary/aromatic N) is 4. The van der Waals surface area contributed by atoms with Gasteiger partial charge in [0.25, 0.3) is 5.91 Å². The summed E-state index contributed by atoms with van der Waals surface area (Å²) in [5.41, 5.74) is 6.89. The molecule has 14 heteroatoms. The second-order valence-electron chi connectivity index (χ2n) is 14.3. The topological polar surface area (TPSA) is 175 Å². The van der Waals surface area contributed by atoms with Crippen LogP contribution in [0.5, 0.6) is 0 Å². The van der Waals surface area contributed by atoms with E-state index >= 15 is 0 Å². The summed E-state index contributed by atoms with van der Waals surface area (Å²) in [6.07, 6.45) is 3.71. The van der Waals surface area contributed by atoms with Crippen molar-refractivity contribution in [2.45, 2.75) is 43.9 Å². The van der Waals surface area contributed by atoms with Gasteiger partial charge in [0.1, 0.15) is 23.7 Å². The van der Waals surface area contributed by atoms with Crippen molar-refractivity contribution in [1.82, 2.24) is 40.4 Å². The molecular weight excluding hydrogens is 749 g/mol. The molecule has 6 aromatic rings. The number of aromatic amines is 2. The van der Waals surface area contributed by atoms with Gasteiger partial charge in [-0.3, -0.25) is 9.59 Å². The predicted octanol–water partition coefficient (Wildman–Crippen LogP) is 7.51. The smallest absolute Gasteiger partial charge is 0.407 e. The van der Waals surface area contributed by atoms with Crippen molar-refractivity contribution in [3.8, 4) is 33.6 Å². The highest BCUT2D eigenvalue weighted by Gasteiger charge is 2.37. The fourth-order valence-electron chi connectivity index (χ4n) is 7.31. The molecule has 1 aliphatic heterocycles. The van der Waals surface area contributed by atoms with E-state index in [-0.39, 0.29) is 17.9 Å². The number of imidazole rings is 2. The van der Waals surface area contributed by atoms with Gasteiger partial charge < -0.3 is 39.9 Å². The molecule has 14 nitrogen and oxygen atoms in total. The maximum atomic E-state index is 13.9. The summed E-state index contributed by atoms with van der Waals surface area (Å²) < 4.78 is 9.60. The Morgan fingerprint density at radius 3 is 1.75 bits per heavy atom. The van der Waals surface area contributed by atoms with Crippen LogP contribution in [0.1, 0.15) is 66.7 Å². The predicted molar refractivity (Wildman–Crippen MR) is 221 cm³/mol. The maximum absolute atomic E-state index is 13.9. The number of H-pyrrole nitrogens is 2. The van der Waals surface area contributed by atoms with Crippen LogP contribution in [0.2, 0.25) is 0 Å². The summed E-state index contributed by atoms with van der Waals surface area (Å²) in [6.45, 7) is 2.42. The Morgan fingerprint density at radius 2 is 1.19 bits per heavy atom. The molecule has 1 aliphatic rings. The minimum atomic E-state index is -0.929. The average Bonchev–Trinajstić information content (AvgIpc) is 4.09. The maximum Gasteiger partial charge on any atom is 0.407 e.